The van der Waals surface area contributed by atoms with Gasteiger partial charge in [0.15, 0.2) is 0 Å². The molecule has 0 atom stereocenters. The molecule has 0 aliphatic carbocycles. The second-order valence-electron chi connectivity index (χ2n) is 5.24. The van der Waals surface area contributed by atoms with Gasteiger partial charge in [-0.3, -0.25) is 4.79 Å². The standard InChI is InChI=1S/C15H21NO6S/c1-5-22-15(19)12-7-6-11(4)13(8-12)23(20,21)16(10(2)3)9-14(17)18/h6-8,10H,5,9H2,1-4H3,(H,17,18). The average molecular weight is 343 g/mol. The topological polar surface area (TPSA) is 101 Å². The number of nitrogens with zero attached hydrogens (tertiary/aromatic N) is 1. The maximum absolute atomic E-state index is 12.8. The fourth-order valence-electron chi connectivity index (χ4n) is 2.02. The summed E-state index contributed by atoms with van der Waals surface area (Å²) in [6.45, 7) is 5.93. The molecule has 0 spiro atoms. The zero-order valence-corrected chi connectivity index (χ0v) is 14.4. The third-order valence-corrected chi connectivity index (χ3v) is 5.32. The Hall–Kier alpha value is -1.93. The van der Waals surface area contributed by atoms with E-state index in [9.17, 15) is 18.0 Å². The van der Waals surface area contributed by atoms with Crippen molar-refractivity contribution in [3.8, 4) is 0 Å². The maximum Gasteiger partial charge on any atom is 0.338 e. The van der Waals surface area contributed by atoms with Crippen LogP contribution in [-0.2, 0) is 19.6 Å². The molecule has 0 saturated heterocycles. The second-order valence-corrected chi connectivity index (χ2v) is 7.10. The van der Waals surface area contributed by atoms with Gasteiger partial charge in [0.25, 0.3) is 0 Å². The van der Waals surface area contributed by atoms with E-state index in [0.717, 1.165) is 4.31 Å². The summed E-state index contributed by atoms with van der Waals surface area (Å²) in [4.78, 5) is 22.7. The van der Waals surface area contributed by atoms with Crippen LogP contribution in [0.3, 0.4) is 0 Å². The van der Waals surface area contributed by atoms with Crippen LogP contribution in [0.2, 0.25) is 0 Å². The van der Waals surface area contributed by atoms with Gasteiger partial charge in [-0.15, -0.1) is 0 Å². The van der Waals surface area contributed by atoms with Crippen molar-refractivity contribution in [2.45, 2.75) is 38.6 Å². The number of rotatable bonds is 7. The summed E-state index contributed by atoms with van der Waals surface area (Å²) in [5.74, 6) is -1.88. The summed E-state index contributed by atoms with van der Waals surface area (Å²) in [5, 5.41) is 8.94. The van der Waals surface area contributed by atoms with Gasteiger partial charge in [-0.1, -0.05) is 6.07 Å². The highest BCUT2D eigenvalue weighted by Gasteiger charge is 2.30. The van der Waals surface area contributed by atoms with Crippen molar-refractivity contribution in [3.05, 3.63) is 29.3 Å². The van der Waals surface area contributed by atoms with Crippen molar-refractivity contribution in [1.29, 1.82) is 0 Å². The van der Waals surface area contributed by atoms with Gasteiger partial charge in [0.1, 0.15) is 6.54 Å². The highest BCUT2D eigenvalue weighted by molar-refractivity contribution is 7.89. The number of carbonyl (C=O) groups is 2. The molecule has 0 heterocycles. The third kappa shape index (κ3) is 4.52. The minimum atomic E-state index is -4.05. The van der Waals surface area contributed by atoms with E-state index in [-0.39, 0.29) is 17.1 Å². The minimum absolute atomic E-state index is 0.0991. The van der Waals surface area contributed by atoms with Crippen LogP contribution < -0.4 is 0 Å². The van der Waals surface area contributed by atoms with Crippen LogP contribution in [-0.4, -0.2) is 49.0 Å². The molecule has 0 saturated carbocycles. The summed E-state index contributed by atoms with van der Waals surface area (Å²) < 4.78 is 31.3. The summed E-state index contributed by atoms with van der Waals surface area (Å²) in [6, 6.07) is 3.66. The summed E-state index contributed by atoms with van der Waals surface area (Å²) in [7, 11) is -4.05. The van der Waals surface area contributed by atoms with Crippen molar-refractivity contribution >= 4 is 22.0 Å². The molecule has 8 heteroatoms. The van der Waals surface area contributed by atoms with Gasteiger partial charge in [-0.25, -0.2) is 13.2 Å². The molecule has 0 amide bonds. The number of ether oxygens (including phenoxy) is 1. The number of carboxylic acids is 1. The van der Waals surface area contributed by atoms with Gasteiger partial charge in [-0.05, 0) is 45.4 Å². The van der Waals surface area contributed by atoms with Gasteiger partial charge in [0, 0.05) is 6.04 Å². The SMILES string of the molecule is CCOC(=O)c1ccc(C)c(S(=O)(=O)N(CC(=O)O)C(C)C)c1. The van der Waals surface area contributed by atoms with Crippen LogP contribution >= 0.6 is 0 Å². The Morgan fingerprint density at radius 2 is 1.91 bits per heavy atom. The van der Waals surface area contributed by atoms with Crippen molar-refractivity contribution < 1.29 is 27.9 Å². The second kappa shape index (κ2) is 7.56. The maximum atomic E-state index is 12.8. The molecular weight excluding hydrogens is 322 g/mol. The summed E-state index contributed by atoms with van der Waals surface area (Å²) >= 11 is 0. The van der Waals surface area contributed by atoms with Gasteiger partial charge >= 0.3 is 11.9 Å². The number of esters is 1. The molecule has 0 unspecified atom stereocenters. The molecule has 1 aromatic rings. The average Bonchev–Trinajstić information content (AvgIpc) is 2.44. The molecule has 1 rings (SSSR count). The van der Waals surface area contributed by atoms with E-state index in [2.05, 4.69) is 0 Å². The molecule has 0 radical (unpaired) electrons. The number of hydrogen-bond acceptors (Lipinski definition) is 5. The van der Waals surface area contributed by atoms with Gasteiger partial charge in [-0.2, -0.15) is 4.31 Å². The van der Waals surface area contributed by atoms with Crippen molar-refractivity contribution in [1.82, 2.24) is 4.31 Å². The summed E-state index contributed by atoms with van der Waals surface area (Å²) in [6.07, 6.45) is 0. The highest BCUT2D eigenvalue weighted by Crippen LogP contribution is 2.23. The van der Waals surface area contributed by atoms with Crippen LogP contribution in [0, 0.1) is 6.92 Å². The lowest BCUT2D eigenvalue weighted by molar-refractivity contribution is -0.137. The van der Waals surface area contributed by atoms with Gasteiger partial charge < -0.3 is 9.84 Å². The Bertz CT molecular complexity index is 696. The van der Waals surface area contributed by atoms with Crippen LogP contribution in [0.25, 0.3) is 0 Å². The first-order chi connectivity index (χ1) is 10.6. The summed E-state index contributed by atoms with van der Waals surface area (Å²) in [5.41, 5.74) is 0.532. The van der Waals surface area contributed by atoms with E-state index >= 15 is 0 Å². The number of carboxylic acid groups (broad SMARTS) is 1. The zero-order chi connectivity index (χ0) is 17.8. The van der Waals surface area contributed by atoms with Gasteiger partial charge in [0.05, 0.1) is 17.1 Å². The van der Waals surface area contributed by atoms with Crippen molar-refractivity contribution in [3.63, 3.8) is 0 Å². The first-order valence-corrected chi connectivity index (χ1v) is 8.56. The van der Waals surface area contributed by atoms with Crippen LogP contribution in [0.15, 0.2) is 23.1 Å². The van der Waals surface area contributed by atoms with Crippen LogP contribution in [0.1, 0.15) is 36.7 Å². The molecule has 7 nitrogen and oxygen atoms in total. The monoisotopic (exact) mass is 343 g/mol. The molecule has 0 aromatic heterocycles. The number of carbonyl (C=O) groups excluding carboxylic acids is 1. The normalized spacial score (nSPS) is 11.7. The number of aryl methyl sites for hydroxylation is 1. The molecule has 128 valence electrons. The van der Waals surface area contributed by atoms with E-state index in [1.807, 2.05) is 0 Å². The highest BCUT2D eigenvalue weighted by atomic mass is 32.2. The Balaban J connectivity index is 3.38. The van der Waals surface area contributed by atoms with E-state index in [0.29, 0.717) is 5.56 Å². The molecule has 1 aromatic carbocycles. The lowest BCUT2D eigenvalue weighted by Crippen LogP contribution is -2.40. The Kier molecular flexibility index (Phi) is 6.28. The van der Waals surface area contributed by atoms with E-state index in [4.69, 9.17) is 9.84 Å². The number of aliphatic carboxylic acids is 1. The molecule has 0 aliphatic rings. The molecule has 0 bridgehead atoms. The number of benzene rings is 1. The Labute approximate surface area is 135 Å². The predicted octanol–water partition coefficient (Wildman–Crippen LogP) is 1.66. The van der Waals surface area contributed by atoms with Crippen molar-refractivity contribution in [2.24, 2.45) is 0 Å². The van der Waals surface area contributed by atoms with Gasteiger partial charge in [0.2, 0.25) is 10.0 Å². The Morgan fingerprint density at radius 3 is 2.39 bits per heavy atom. The molecule has 1 N–H and O–H groups in total. The molecule has 23 heavy (non-hydrogen) atoms. The van der Waals surface area contributed by atoms with E-state index in [1.54, 1.807) is 27.7 Å². The quantitative estimate of drug-likeness (QED) is 0.756. The van der Waals surface area contributed by atoms with Crippen LogP contribution in [0.4, 0.5) is 0 Å². The fourth-order valence-corrected chi connectivity index (χ4v) is 3.86. The third-order valence-electron chi connectivity index (χ3n) is 3.15. The van der Waals surface area contributed by atoms with E-state index < -0.39 is 34.5 Å². The predicted molar refractivity (Wildman–Crippen MR) is 83.8 cm³/mol. The minimum Gasteiger partial charge on any atom is -0.480 e. The zero-order valence-electron chi connectivity index (χ0n) is 13.6. The lowest BCUT2D eigenvalue weighted by atomic mass is 10.1. The fraction of sp³-hybridized carbons (Fsp3) is 0.467. The number of hydrogen-bond donors (Lipinski definition) is 1. The smallest absolute Gasteiger partial charge is 0.338 e. The lowest BCUT2D eigenvalue weighted by Gasteiger charge is -2.25. The van der Waals surface area contributed by atoms with Crippen molar-refractivity contribution in [2.75, 3.05) is 13.2 Å². The van der Waals surface area contributed by atoms with Crippen LogP contribution in [0.5, 0.6) is 0 Å². The largest absolute Gasteiger partial charge is 0.480 e. The molecular formula is C15H21NO6S. The Morgan fingerprint density at radius 1 is 1.30 bits per heavy atom. The first-order valence-electron chi connectivity index (χ1n) is 7.12. The van der Waals surface area contributed by atoms with E-state index in [1.165, 1.54) is 18.2 Å². The first kappa shape index (κ1) is 19.1. The molecule has 0 aliphatic heterocycles. The number of sulfonamides is 1. The molecule has 0 fully saturated rings.